The number of aromatic nitrogens is 1. The van der Waals surface area contributed by atoms with Crippen LogP contribution in [-0.4, -0.2) is 28.9 Å². The van der Waals surface area contributed by atoms with Crippen LogP contribution in [0.5, 0.6) is 0 Å². The van der Waals surface area contributed by atoms with Crippen molar-refractivity contribution in [1.29, 1.82) is 0 Å². The van der Waals surface area contributed by atoms with E-state index < -0.39 is 0 Å². The highest BCUT2D eigenvalue weighted by Gasteiger charge is 2.14. The first kappa shape index (κ1) is 20.1. The zero-order valence-corrected chi connectivity index (χ0v) is 17.8. The Morgan fingerprint density at radius 3 is 2.59 bits per heavy atom. The summed E-state index contributed by atoms with van der Waals surface area (Å²) in [7, 11) is 0. The van der Waals surface area contributed by atoms with Crippen LogP contribution >= 0.6 is 22.9 Å². The zero-order valence-electron chi connectivity index (χ0n) is 16.2. The third-order valence-electron chi connectivity index (χ3n) is 5.18. The van der Waals surface area contributed by atoms with E-state index in [0.29, 0.717) is 11.6 Å². The third-order valence-corrected chi connectivity index (χ3v) is 6.44. The summed E-state index contributed by atoms with van der Waals surface area (Å²) in [6, 6.07) is 16.0. The molecule has 1 aliphatic heterocycles. The van der Waals surface area contributed by atoms with Crippen molar-refractivity contribution in [2.75, 3.05) is 13.1 Å². The predicted octanol–water partition coefficient (Wildman–Crippen LogP) is 4.92. The molecule has 29 heavy (non-hydrogen) atoms. The number of hydrogen-bond acceptors (Lipinski definition) is 4. The van der Waals surface area contributed by atoms with Gasteiger partial charge in [0.2, 0.25) is 5.91 Å². The predicted molar refractivity (Wildman–Crippen MR) is 119 cm³/mol. The molecule has 1 N–H and O–H groups in total. The van der Waals surface area contributed by atoms with Crippen molar-refractivity contribution in [3.05, 3.63) is 75.8 Å². The van der Waals surface area contributed by atoms with Crippen molar-refractivity contribution in [2.24, 2.45) is 0 Å². The summed E-state index contributed by atoms with van der Waals surface area (Å²) in [5, 5.41) is 6.50. The lowest BCUT2D eigenvalue weighted by molar-refractivity contribution is -0.120. The van der Waals surface area contributed by atoms with Crippen LogP contribution in [0.1, 0.15) is 29.7 Å². The standard InChI is InChI=1S/C23H24ClN3OS/c24-21-10-4-3-9-20(21)23-26-19(16-29-23)13-22(28)25-14-17-7-1-2-8-18(17)15-27-11-5-6-12-27/h1-4,7-10,16H,5-6,11-15H2,(H,25,28). The summed E-state index contributed by atoms with van der Waals surface area (Å²) < 4.78 is 0. The van der Waals surface area contributed by atoms with Gasteiger partial charge in [0, 0.05) is 24.0 Å². The van der Waals surface area contributed by atoms with Gasteiger partial charge in [0.1, 0.15) is 5.01 Å². The third kappa shape index (κ3) is 5.24. The van der Waals surface area contributed by atoms with E-state index in [1.807, 2.05) is 35.7 Å². The first-order chi connectivity index (χ1) is 14.2. The summed E-state index contributed by atoms with van der Waals surface area (Å²) in [6.45, 7) is 3.83. The van der Waals surface area contributed by atoms with E-state index in [0.717, 1.165) is 35.9 Å². The highest BCUT2D eigenvalue weighted by atomic mass is 35.5. The number of benzene rings is 2. The van der Waals surface area contributed by atoms with E-state index >= 15 is 0 Å². The molecule has 0 radical (unpaired) electrons. The first-order valence-electron chi connectivity index (χ1n) is 9.94. The Morgan fingerprint density at radius 1 is 1.07 bits per heavy atom. The lowest BCUT2D eigenvalue weighted by atomic mass is 10.1. The second kappa shape index (κ2) is 9.53. The molecule has 0 atom stereocenters. The van der Waals surface area contributed by atoms with Crippen molar-refractivity contribution in [3.8, 4) is 10.6 Å². The largest absolute Gasteiger partial charge is 0.352 e. The van der Waals surface area contributed by atoms with E-state index in [9.17, 15) is 4.79 Å². The smallest absolute Gasteiger partial charge is 0.226 e. The normalized spacial score (nSPS) is 14.2. The molecule has 1 saturated heterocycles. The van der Waals surface area contributed by atoms with E-state index in [-0.39, 0.29) is 12.3 Å². The van der Waals surface area contributed by atoms with Gasteiger partial charge in [0.25, 0.3) is 0 Å². The Morgan fingerprint density at radius 2 is 1.79 bits per heavy atom. The summed E-state index contributed by atoms with van der Waals surface area (Å²) in [5.41, 5.74) is 4.15. The summed E-state index contributed by atoms with van der Waals surface area (Å²) in [6.07, 6.45) is 2.83. The number of amides is 1. The minimum atomic E-state index is -0.0167. The van der Waals surface area contributed by atoms with Crippen LogP contribution < -0.4 is 5.32 Å². The van der Waals surface area contributed by atoms with Crippen LogP contribution in [0, 0.1) is 0 Å². The van der Waals surface area contributed by atoms with E-state index in [4.69, 9.17) is 11.6 Å². The molecule has 2 heterocycles. The number of rotatable bonds is 7. The van der Waals surface area contributed by atoms with Gasteiger partial charge in [-0.05, 0) is 43.1 Å². The fourth-order valence-electron chi connectivity index (χ4n) is 3.63. The molecular weight excluding hydrogens is 402 g/mol. The molecule has 0 unspecified atom stereocenters. The number of carbonyl (C=O) groups is 1. The molecule has 6 heteroatoms. The molecule has 150 valence electrons. The molecule has 0 spiro atoms. The zero-order chi connectivity index (χ0) is 20.1. The Bertz CT molecular complexity index is 982. The molecule has 1 aromatic heterocycles. The lowest BCUT2D eigenvalue weighted by Crippen LogP contribution is -2.26. The Hall–Kier alpha value is -2.21. The van der Waals surface area contributed by atoms with Crippen LogP contribution in [0.15, 0.2) is 53.9 Å². The SMILES string of the molecule is O=C(Cc1csc(-c2ccccc2Cl)n1)NCc1ccccc1CN1CCCC1. The molecule has 4 rings (SSSR count). The molecule has 0 saturated carbocycles. The monoisotopic (exact) mass is 425 g/mol. The summed E-state index contributed by atoms with van der Waals surface area (Å²) >= 11 is 7.76. The molecule has 4 nitrogen and oxygen atoms in total. The quantitative estimate of drug-likeness (QED) is 0.584. The highest BCUT2D eigenvalue weighted by molar-refractivity contribution is 7.13. The maximum atomic E-state index is 12.5. The van der Waals surface area contributed by atoms with Crippen LogP contribution in [0.2, 0.25) is 5.02 Å². The summed E-state index contributed by atoms with van der Waals surface area (Å²) in [5.74, 6) is -0.0167. The fourth-order valence-corrected chi connectivity index (χ4v) is 4.77. The van der Waals surface area contributed by atoms with E-state index in [1.54, 1.807) is 0 Å². The van der Waals surface area contributed by atoms with Gasteiger partial charge in [-0.25, -0.2) is 4.98 Å². The number of carbonyl (C=O) groups excluding carboxylic acids is 1. The minimum Gasteiger partial charge on any atom is -0.352 e. The highest BCUT2D eigenvalue weighted by Crippen LogP contribution is 2.30. The lowest BCUT2D eigenvalue weighted by Gasteiger charge is -2.17. The maximum Gasteiger partial charge on any atom is 0.226 e. The second-order valence-electron chi connectivity index (χ2n) is 7.33. The minimum absolute atomic E-state index is 0.0167. The molecular formula is C23H24ClN3OS. The number of nitrogens with zero attached hydrogens (tertiary/aromatic N) is 2. The van der Waals surface area contributed by atoms with Crippen molar-refractivity contribution in [3.63, 3.8) is 0 Å². The summed E-state index contributed by atoms with van der Waals surface area (Å²) in [4.78, 5) is 19.5. The first-order valence-corrected chi connectivity index (χ1v) is 11.2. The number of halogens is 1. The second-order valence-corrected chi connectivity index (χ2v) is 8.59. The van der Waals surface area contributed by atoms with Gasteiger partial charge in [-0.2, -0.15) is 0 Å². The van der Waals surface area contributed by atoms with Crippen molar-refractivity contribution in [2.45, 2.75) is 32.4 Å². The molecule has 1 aliphatic rings. The Labute approximate surface area is 180 Å². The van der Waals surface area contributed by atoms with Gasteiger partial charge in [-0.3, -0.25) is 9.69 Å². The topological polar surface area (TPSA) is 45.2 Å². The van der Waals surface area contributed by atoms with Gasteiger partial charge in [-0.1, -0.05) is 54.1 Å². The van der Waals surface area contributed by atoms with Crippen LogP contribution in [0.4, 0.5) is 0 Å². The average Bonchev–Trinajstić information content (AvgIpc) is 3.40. The maximum absolute atomic E-state index is 12.5. The van der Waals surface area contributed by atoms with Crippen LogP contribution in [-0.2, 0) is 24.3 Å². The van der Waals surface area contributed by atoms with Gasteiger partial charge in [0.15, 0.2) is 0 Å². The van der Waals surface area contributed by atoms with E-state index in [2.05, 4.69) is 33.4 Å². The van der Waals surface area contributed by atoms with Crippen molar-refractivity contribution >= 4 is 28.8 Å². The van der Waals surface area contributed by atoms with Gasteiger partial charge in [0.05, 0.1) is 17.1 Å². The Balaban J connectivity index is 1.35. The van der Waals surface area contributed by atoms with Gasteiger partial charge < -0.3 is 5.32 Å². The number of hydrogen-bond donors (Lipinski definition) is 1. The average molecular weight is 426 g/mol. The number of thiazole rings is 1. The van der Waals surface area contributed by atoms with E-state index in [1.165, 1.54) is 35.3 Å². The Kier molecular flexibility index (Phi) is 6.60. The number of nitrogens with one attached hydrogen (secondary N) is 1. The van der Waals surface area contributed by atoms with Crippen molar-refractivity contribution in [1.82, 2.24) is 15.2 Å². The van der Waals surface area contributed by atoms with Gasteiger partial charge >= 0.3 is 0 Å². The molecule has 0 aliphatic carbocycles. The molecule has 2 aromatic carbocycles. The molecule has 1 amide bonds. The molecule has 3 aromatic rings. The molecule has 1 fully saturated rings. The fraction of sp³-hybridized carbons (Fsp3) is 0.304. The van der Waals surface area contributed by atoms with Gasteiger partial charge in [-0.15, -0.1) is 11.3 Å². The van der Waals surface area contributed by atoms with Crippen LogP contribution in [0.25, 0.3) is 10.6 Å². The van der Waals surface area contributed by atoms with Crippen molar-refractivity contribution < 1.29 is 4.79 Å². The number of likely N-dealkylation sites (tertiary alicyclic amines) is 1. The molecule has 0 bridgehead atoms. The van der Waals surface area contributed by atoms with Crippen LogP contribution in [0.3, 0.4) is 0 Å².